The van der Waals surface area contributed by atoms with Crippen molar-refractivity contribution in [3.63, 3.8) is 0 Å². The number of nitrogens with one attached hydrogen (secondary N) is 1. The van der Waals surface area contributed by atoms with E-state index in [9.17, 15) is 0 Å². The second-order valence-electron chi connectivity index (χ2n) is 6.74. The van der Waals surface area contributed by atoms with Crippen molar-refractivity contribution in [1.82, 2.24) is 10.2 Å². The third-order valence-electron chi connectivity index (χ3n) is 5.58. The van der Waals surface area contributed by atoms with Crippen LogP contribution in [-0.2, 0) is 0 Å². The first kappa shape index (κ1) is 14.6. The van der Waals surface area contributed by atoms with Crippen LogP contribution in [0.25, 0.3) is 0 Å². The van der Waals surface area contributed by atoms with Gasteiger partial charge in [0.15, 0.2) is 0 Å². The van der Waals surface area contributed by atoms with Crippen LogP contribution in [0, 0.1) is 23.7 Å². The van der Waals surface area contributed by atoms with E-state index in [-0.39, 0.29) is 12.4 Å². The number of rotatable bonds is 4. The average Bonchev–Trinajstić information content (AvgIpc) is 2.94. The summed E-state index contributed by atoms with van der Waals surface area (Å²) in [4.78, 5) is 2.76. The zero-order chi connectivity index (χ0) is 11.7. The molecule has 3 rings (SSSR count). The van der Waals surface area contributed by atoms with Crippen LogP contribution in [0.3, 0.4) is 0 Å². The number of nitrogens with zero attached hydrogens (tertiary/aromatic N) is 1. The molecule has 2 saturated carbocycles. The third kappa shape index (κ3) is 3.20. The van der Waals surface area contributed by atoms with Crippen LogP contribution < -0.4 is 5.32 Å². The van der Waals surface area contributed by atoms with Crippen molar-refractivity contribution in [2.75, 3.05) is 33.2 Å². The molecular weight excluding hydrogens is 244 g/mol. The van der Waals surface area contributed by atoms with Gasteiger partial charge >= 0.3 is 0 Å². The minimum atomic E-state index is 0. The van der Waals surface area contributed by atoms with Crippen molar-refractivity contribution in [2.24, 2.45) is 23.7 Å². The SMILES string of the molecule is CNCC1CCN(CC2CC3CCC2C3)CC1.Cl. The molecule has 18 heavy (non-hydrogen) atoms. The summed E-state index contributed by atoms with van der Waals surface area (Å²) in [6.07, 6.45) is 9.06. The smallest absolute Gasteiger partial charge is 0.00124 e. The number of halogens is 1. The maximum absolute atomic E-state index is 3.33. The van der Waals surface area contributed by atoms with Crippen LogP contribution in [-0.4, -0.2) is 38.1 Å². The average molecular weight is 273 g/mol. The van der Waals surface area contributed by atoms with E-state index < -0.39 is 0 Å². The Labute approximate surface area is 118 Å². The van der Waals surface area contributed by atoms with Crippen molar-refractivity contribution in [2.45, 2.75) is 38.5 Å². The summed E-state index contributed by atoms with van der Waals surface area (Å²) in [5.74, 6) is 4.23. The molecule has 3 atom stereocenters. The van der Waals surface area contributed by atoms with Gasteiger partial charge in [0.1, 0.15) is 0 Å². The number of likely N-dealkylation sites (tertiary alicyclic amines) is 1. The molecule has 1 aliphatic heterocycles. The first-order valence-electron chi connectivity index (χ1n) is 7.72. The lowest BCUT2D eigenvalue weighted by molar-refractivity contribution is 0.139. The second-order valence-corrected chi connectivity index (χ2v) is 6.74. The molecular formula is C15H29ClN2. The largest absolute Gasteiger partial charge is 0.319 e. The van der Waals surface area contributed by atoms with Gasteiger partial charge in [-0.15, -0.1) is 12.4 Å². The van der Waals surface area contributed by atoms with Gasteiger partial charge in [-0.25, -0.2) is 0 Å². The first-order valence-corrected chi connectivity index (χ1v) is 7.72. The normalized spacial score (nSPS) is 36.8. The van der Waals surface area contributed by atoms with Crippen molar-refractivity contribution in [3.05, 3.63) is 0 Å². The lowest BCUT2D eigenvalue weighted by Gasteiger charge is -2.35. The number of hydrogen-bond acceptors (Lipinski definition) is 2. The Bertz CT molecular complexity index is 251. The molecule has 0 aromatic rings. The summed E-state index contributed by atoms with van der Waals surface area (Å²) in [6, 6.07) is 0. The lowest BCUT2D eigenvalue weighted by atomic mass is 9.87. The van der Waals surface area contributed by atoms with Gasteiger partial charge in [0.25, 0.3) is 0 Å². The van der Waals surface area contributed by atoms with Gasteiger partial charge in [0.05, 0.1) is 0 Å². The molecule has 0 amide bonds. The topological polar surface area (TPSA) is 15.3 Å². The van der Waals surface area contributed by atoms with Gasteiger partial charge in [0.2, 0.25) is 0 Å². The predicted molar refractivity (Wildman–Crippen MR) is 79.3 cm³/mol. The fourth-order valence-corrected chi connectivity index (χ4v) is 4.59. The highest BCUT2D eigenvalue weighted by molar-refractivity contribution is 5.85. The van der Waals surface area contributed by atoms with E-state index in [4.69, 9.17) is 0 Å². The summed E-state index contributed by atoms with van der Waals surface area (Å²) in [6.45, 7) is 5.37. The summed E-state index contributed by atoms with van der Waals surface area (Å²) < 4.78 is 0. The summed E-state index contributed by atoms with van der Waals surface area (Å²) in [5, 5.41) is 3.33. The molecule has 2 aliphatic carbocycles. The van der Waals surface area contributed by atoms with E-state index in [1.807, 2.05) is 0 Å². The van der Waals surface area contributed by atoms with Crippen LogP contribution in [0.15, 0.2) is 0 Å². The monoisotopic (exact) mass is 272 g/mol. The van der Waals surface area contributed by atoms with Crippen LogP contribution in [0.5, 0.6) is 0 Å². The van der Waals surface area contributed by atoms with E-state index in [1.54, 1.807) is 25.7 Å². The Morgan fingerprint density at radius 1 is 1.06 bits per heavy atom. The molecule has 0 aromatic heterocycles. The van der Waals surface area contributed by atoms with Gasteiger partial charge in [-0.2, -0.15) is 0 Å². The molecule has 1 heterocycles. The molecule has 3 fully saturated rings. The van der Waals surface area contributed by atoms with E-state index in [0.717, 1.165) is 23.7 Å². The molecule has 1 N–H and O–H groups in total. The molecule has 2 nitrogen and oxygen atoms in total. The Hall–Kier alpha value is 0.210. The Morgan fingerprint density at radius 2 is 1.83 bits per heavy atom. The van der Waals surface area contributed by atoms with Crippen LogP contribution in [0.1, 0.15) is 38.5 Å². The van der Waals surface area contributed by atoms with Gasteiger partial charge in [-0.3, -0.25) is 0 Å². The van der Waals surface area contributed by atoms with E-state index >= 15 is 0 Å². The van der Waals surface area contributed by atoms with E-state index in [0.29, 0.717) is 0 Å². The maximum Gasteiger partial charge on any atom is 0.00124 e. The molecule has 2 bridgehead atoms. The fourth-order valence-electron chi connectivity index (χ4n) is 4.59. The van der Waals surface area contributed by atoms with Gasteiger partial charge < -0.3 is 10.2 Å². The van der Waals surface area contributed by atoms with Crippen molar-refractivity contribution < 1.29 is 0 Å². The van der Waals surface area contributed by atoms with Gasteiger partial charge in [-0.05, 0) is 82.5 Å². The Morgan fingerprint density at radius 3 is 2.39 bits per heavy atom. The summed E-state index contributed by atoms with van der Waals surface area (Å²) in [5.41, 5.74) is 0. The van der Waals surface area contributed by atoms with E-state index in [2.05, 4.69) is 17.3 Å². The van der Waals surface area contributed by atoms with E-state index in [1.165, 1.54) is 39.0 Å². The maximum atomic E-state index is 3.33. The van der Waals surface area contributed by atoms with Crippen molar-refractivity contribution >= 4 is 12.4 Å². The molecule has 106 valence electrons. The predicted octanol–water partition coefficient (Wildman–Crippen LogP) is 2.78. The highest BCUT2D eigenvalue weighted by atomic mass is 35.5. The minimum Gasteiger partial charge on any atom is -0.319 e. The van der Waals surface area contributed by atoms with Gasteiger partial charge in [-0.1, -0.05) is 6.42 Å². The molecule has 3 heteroatoms. The highest BCUT2D eigenvalue weighted by Crippen LogP contribution is 2.48. The summed E-state index contributed by atoms with van der Waals surface area (Å²) in [7, 11) is 2.08. The fraction of sp³-hybridized carbons (Fsp3) is 1.00. The molecule has 0 aromatic carbocycles. The highest BCUT2D eigenvalue weighted by Gasteiger charge is 2.40. The zero-order valence-corrected chi connectivity index (χ0v) is 12.6. The second kappa shape index (κ2) is 6.58. The molecule has 0 radical (unpaired) electrons. The Balaban J connectivity index is 0.00000120. The number of hydrogen-bond donors (Lipinski definition) is 1. The quantitative estimate of drug-likeness (QED) is 0.847. The molecule has 0 spiro atoms. The zero-order valence-electron chi connectivity index (χ0n) is 11.7. The summed E-state index contributed by atoms with van der Waals surface area (Å²) >= 11 is 0. The third-order valence-corrected chi connectivity index (χ3v) is 5.58. The first-order chi connectivity index (χ1) is 8.35. The van der Waals surface area contributed by atoms with Crippen molar-refractivity contribution in [3.8, 4) is 0 Å². The lowest BCUT2D eigenvalue weighted by Crippen LogP contribution is -2.40. The van der Waals surface area contributed by atoms with Gasteiger partial charge in [0, 0.05) is 6.54 Å². The number of fused-ring (bicyclic) bond motifs is 2. The minimum absolute atomic E-state index is 0. The molecule has 3 aliphatic rings. The Kier molecular flexibility index (Phi) is 5.35. The van der Waals surface area contributed by atoms with Crippen LogP contribution >= 0.6 is 12.4 Å². The number of piperidine rings is 1. The van der Waals surface area contributed by atoms with Crippen LogP contribution in [0.4, 0.5) is 0 Å². The molecule has 1 saturated heterocycles. The van der Waals surface area contributed by atoms with Crippen LogP contribution in [0.2, 0.25) is 0 Å². The van der Waals surface area contributed by atoms with Crippen molar-refractivity contribution in [1.29, 1.82) is 0 Å². The molecule has 3 unspecified atom stereocenters. The standard InChI is InChI=1S/C15H28N2.ClH/c1-16-10-12-4-6-17(7-5-12)11-15-9-13-2-3-14(15)8-13;/h12-16H,2-11H2,1H3;1H.